The molecule has 0 aliphatic heterocycles. The molecule has 0 saturated heterocycles. The van der Waals surface area contributed by atoms with Crippen LogP contribution >= 0.6 is 23.4 Å². The van der Waals surface area contributed by atoms with Crippen molar-refractivity contribution in [2.24, 2.45) is 0 Å². The van der Waals surface area contributed by atoms with E-state index in [1.54, 1.807) is 31.4 Å². The Hall–Kier alpha value is -2.51. The van der Waals surface area contributed by atoms with E-state index in [9.17, 15) is 4.79 Å². The third-order valence-corrected chi connectivity index (χ3v) is 5.48. The van der Waals surface area contributed by atoms with Crippen molar-refractivity contribution in [3.05, 3.63) is 53.6 Å². The number of ether oxygens (including phenoxy) is 1. The van der Waals surface area contributed by atoms with Gasteiger partial charge < -0.3 is 14.6 Å². The fourth-order valence-corrected chi connectivity index (χ4v) is 3.62. The summed E-state index contributed by atoms with van der Waals surface area (Å²) in [7, 11) is 1.64. The van der Waals surface area contributed by atoms with Crippen LogP contribution in [-0.2, 0) is 11.3 Å². The van der Waals surface area contributed by atoms with Crippen LogP contribution in [0.4, 0.5) is 5.69 Å². The van der Waals surface area contributed by atoms with Crippen LogP contribution < -0.4 is 10.1 Å². The van der Waals surface area contributed by atoms with E-state index in [1.165, 1.54) is 11.8 Å². The highest BCUT2D eigenvalue weighted by Crippen LogP contribution is 2.26. The van der Waals surface area contributed by atoms with Gasteiger partial charge in [-0.1, -0.05) is 36.7 Å². The highest BCUT2D eigenvalue weighted by Gasteiger charge is 2.15. The largest absolute Gasteiger partial charge is 0.497 e. The van der Waals surface area contributed by atoms with Crippen LogP contribution in [0.3, 0.4) is 0 Å². The van der Waals surface area contributed by atoms with Gasteiger partial charge in [-0.25, -0.2) is 0 Å². The van der Waals surface area contributed by atoms with E-state index in [4.69, 9.17) is 16.3 Å². The molecule has 8 heteroatoms. The van der Waals surface area contributed by atoms with Gasteiger partial charge in [0.05, 0.1) is 12.9 Å². The van der Waals surface area contributed by atoms with Gasteiger partial charge >= 0.3 is 0 Å². The zero-order chi connectivity index (χ0) is 20.6. The second kappa shape index (κ2) is 10.3. The molecule has 3 rings (SSSR count). The Labute approximate surface area is 179 Å². The minimum Gasteiger partial charge on any atom is -0.497 e. The third-order valence-electron chi connectivity index (χ3n) is 4.26. The number of rotatable bonds is 9. The van der Waals surface area contributed by atoms with Crippen molar-refractivity contribution >= 4 is 35.0 Å². The first-order chi connectivity index (χ1) is 14.1. The number of unbranched alkanes of at least 4 members (excludes halogenated alkanes) is 1. The van der Waals surface area contributed by atoms with Crippen molar-refractivity contribution in [2.75, 3.05) is 18.2 Å². The van der Waals surface area contributed by atoms with Crippen LogP contribution in [0, 0.1) is 0 Å². The lowest BCUT2D eigenvalue weighted by atomic mass is 10.2. The van der Waals surface area contributed by atoms with Crippen molar-refractivity contribution in [3.8, 4) is 17.1 Å². The molecule has 0 aliphatic rings. The van der Waals surface area contributed by atoms with Gasteiger partial charge in [0.2, 0.25) is 5.91 Å². The van der Waals surface area contributed by atoms with Crippen molar-refractivity contribution in [3.63, 3.8) is 0 Å². The van der Waals surface area contributed by atoms with E-state index in [2.05, 4.69) is 27.0 Å². The number of benzene rings is 2. The van der Waals surface area contributed by atoms with Crippen LogP contribution in [-0.4, -0.2) is 33.5 Å². The van der Waals surface area contributed by atoms with E-state index >= 15 is 0 Å². The summed E-state index contributed by atoms with van der Waals surface area (Å²) in [5.74, 6) is 1.73. The first kappa shape index (κ1) is 21.2. The zero-order valence-electron chi connectivity index (χ0n) is 16.4. The van der Waals surface area contributed by atoms with Crippen LogP contribution in [0.25, 0.3) is 11.4 Å². The number of nitrogens with zero attached hydrogens (tertiary/aromatic N) is 3. The van der Waals surface area contributed by atoms with E-state index in [-0.39, 0.29) is 11.7 Å². The number of anilines is 1. The molecule has 0 radical (unpaired) electrons. The van der Waals surface area contributed by atoms with Crippen molar-refractivity contribution in [1.29, 1.82) is 0 Å². The molecule has 0 spiro atoms. The Kier molecular flexibility index (Phi) is 7.55. The first-order valence-electron chi connectivity index (χ1n) is 9.36. The fraction of sp³-hybridized carbons (Fsp3) is 0.286. The molecule has 1 aromatic heterocycles. The lowest BCUT2D eigenvalue weighted by Crippen LogP contribution is -2.14. The summed E-state index contributed by atoms with van der Waals surface area (Å²) in [4.78, 5) is 12.3. The maximum absolute atomic E-state index is 12.3. The van der Waals surface area contributed by atoms with Crippen molar-refractivity contribution < 1.29 is 9.53 Å². The minimum atomic E-state index is -0.103. The quantitative estimate of drug-likeness (QED) is 0.476. The number of halogens is 1. The summed E-state index contributed by atoms with van der Waals surface area (Å²) in [5.41, 5.74) is 1.68. The molecule has 0 aliphatic carbocycles. The van der Waals surface area contributed by atoms with E-state index in [0.29, 0.717) is 10.7 Å². The summed E-state index contributed by atoms with van der Waals surface area (Å²) >= 11 is 7.25. The molecule has 0 bridgehead atoms. The average Bonchev–Trinajstić information content (AvgIpc) is 3.15. The van der Waals surface area contributed by atoms with Gasteiger partial charge in [-0.3, -0.25) is 4.79 Å². The number of hydrogen-bond acceptors (Lipinski definition) is 5. The van der Waals surface area contributed by atoms with Crippen LogP contribution in [0.5, 0.6) is 5.75 Å². The van der Waals surface area contributed by atoms with Crippen molar-refractivity contribution in [1.82, 2.24) is 14.8 Å². The smallest absolute Gasteiger partial charge is 0.234 e. The molecule has 6 nitrogen and oxygen atoms in total. The third kappa shape index (κ3) is 5.74. The molecular formula is C21H23ClN4O2S. The molecule has 1 heterocycles. The topological polar surface area (TPSA) is 69.0 Å². The van der Waals surface area contributed by atoms with Gasteiger partial charge in [-0.05, 0) is 55.0 Å². The number of aromatic nitrogens is 3. The predicted molar refractivity (Wildman–Crippen MR) is 118 cm³/mol. The van der Waals surface area contributed by atoms with E-state index in [1.807, 2.05) is 24.3 Å². The lowest BCUT2D eigenvalue weighted by Gasteiger charge is -2.10. The molecule has 0 unspecified atom stereocenters. The van der Waals surface area contributed by atoms with Gasteiger partial charge in [-0.15, -0.1) is 10.2 Å². The monoisotopic (exact) mass is 430 g/mol. The van der Waals surface area contributed by atoms with Crippen LogP contribution in [0.2, 0.25) is 5.02 Å². The second-order valence-corrected chi connectivity index (χ2v) is 7.76. The Bertz CT molecular complexity index is 942. The Balaban J connectivity index is 1.71. The lowest BCUT2D eigenvalue weighted by molar-refractivity contribution is -0.113. The highest BCUT2D eigenvalue weighted by atomic mass is 35.5. The van der Waals surface area contributed by atoms with E-state index < -0.39 is 0 Å². The number of methoxy groups -OCH3 is 1. The van der Waals surface area contributed by atoms with Gasteiger partial charge in [-0.2, -0.15) is 0 Å². The maximum Gasteiger partial charge on any atom is 0.234 e. The predicted octanol–water partition coefficient (Wildman–Crippen LogP) is 5.14. The highest BCUT2D eigenvalue weighted by molar-refractivity contribution is 7.99. The molecular weight excluding hydrogens is 408 g/mol. The maximum atomic E-state index is 12.3. The fourth-order valence-electron chi connectivity index (χ4n) is 2.73. The summed E-state index contributed by atoms with van der Waals surface area (Å²) in [6.45, 7) is 2.94. The standard InChI is InChI=1S/C21H23ClN4O2S/c1-3-4-13-26-20(15-5-11-18(28-2)12-6-15)24-25-21(26)29-14-19(27)23-17-9-7-16(22)8-10-17/h5-12H,3-4,13-14H2,1-2H3,(H,23,27). The van der Waals surface area contributed by atoms with Crippen molar-refractivity contribution in [2.45, 2.75) is 31.5 Å². The molecule has 1 amide bonds. The number of carbonyl (C=O) groups excluding carboxylic acids is 1. The SMILES string of the molecule is CCCCn1c(SCC(=O)Nc2ccc(Cl)cc2)nnc1-c1ccc(OC)cc1. The summed E-state index contributed by atoms with van der Waals surface area (Å²) in [5, 5.41) is 12.9. The summed E-state index contributed by atoms with van der Waals surface area (Å²) in [6.07, 6.45) is 2.06. The first-order valence-corrected chi connectivity index (χ1v) is 10.7. The van der Waals surface area contributed by atoms with Gasteiger partial charge in [0.25, 0.3) is 0 Å². The van der Waals surface area contributed by atoms with Gasteiger partial charge in [0, 0.05) is 22.8 Å². The number of nitrogens with one attached hydrogen (secondary N) is 1. The number of carbonyl (C=O) groups is 1. The molecule has 29 heavy (non-hydrogen) atoms. The molecule has 0 fully saturated rings. The summed E-state index contributed by atoms with van der Waals surface area (Å²) < 4.78 is 7.30. The number of hydrogen-bond donors (Lipinski definition) is 1. The molecule has 0 saturated carbocycles. The molecule has 0 atom stereocenters. The zero-order valence-corrected chi connectivity index (χ0v) is 18.0. The normalized spacial score (nSPS) is 10.7. The average molecular weight is 431 g/mol. The second-order valence-electron chi connectivity index (χ2n) is 6.38. The molecule has 1 N–H and O–H groups in total. The van der Waals surface area contributed by atoms with E-state index in [0.717, 1.165) is 41.7 Å². The molecule has 152 valence electrons. The molecule has 3 aromatic rings. The molecule has 2 aromatic carbocycles. The Morgan fingerprint density at radius 2 is 1.86 bits per heavy atom. The number of thioether (sulfide) groups is 1. The minimum absolute atomic E-state index is 0.103. The summed E-state index contributed by atoms with van der Waals surface area (Å²) in [6, 6.07) is 14.8. The van der Waals surface area contributed by atoms with Gasteiger partial charge in [0.15, 0.2) is 11.0 Å². The van der Waals surface area contributed by atoms with Crippen LogP contribution in [0.1, 0.15) is 19.8 Å². The number of amides is 1. The Morgan fingerprint density at radius 1 is 1.14 bits per heavy atom. The van der Waals surface area contributed by atoms with Gasteiger partial charge in [0.1, 0.15) is 5.75 Å². The Morgan fingerprint density at radius 3 is 2.52 bits per heavy atom. The van der Waals surface area contributed by atoms with Crippen LogP contribution in [0.15, 0.2) is 53.7 Å².